The van der Waals surface area contributed by atoms with E-state index in [1.165, 1.54) is 4.90 Å². The number of guanidine groups is 1. The van der Waals surface area contributed by atoms with Crippen LogP contribution in [0.2, 0.25) is 0 Å². The number of rotatable bonds is 2. The number of fused-ring (bicyclic) bond motifs is 4. The summed E-state index contributed by atoms with van der Waals surface area (Å²) in [6.07, 6.45) is 2.64. The quantitative estimate of drug-likeness (QED) is 0.663. The molecule has 5 rings (SSSR count). The zero-order valence-electron chi connectivity index (χ0n) is 14.8. The van der Waals surface area contributed by atoms with Crippen LogP contribution in [0.25, 0.3) is 11.0 Å². The topological polar surface area (TPSA) is 86.7 Å². The number of nitrogens with zero attached hydrogens (tertiary/aromatic N) is 3. The van der Waals surface area contributed by atoms with Gasteiger partial charge in [-0.25, -0.2) is 9.98 Å². The van der Waals surface area contributed by atoms with Crippen molar-refractivity contribution < 1.29 is 9.47 Å². The second-order valence-corrected chi connectivity index (χ2v) is 7.31. The molecule has 2 aromatic carbocycles. The minimum atomic E-state index is -0.285. The van der Waals surface area contributed by atoms with Gasteiger partial charge in [-0.1, -0.05) is 12.1 Å². The van der Waals surface area contributed by atoms with E-state index in [1.54, 1.807) is 11.8 Å². The van der Waals surface area contributed by atoms with Crippen molar-refractivity contribution in [2.75, 3.05) is 24.8 Å². The van der Waals surface area contributed by atoms with E-state index in [1.807, 2.05) is 16.7 Å². The minimum absolute atomic E-state index is 0.285. The number of thioether (sulfide) groups is 1. The van der Waals surface area contributed by atoms with Crippen molar-refractivity contribution in [1.29, 1.82) is 0 Å². The van der Waals surface area contributed by atoms with E-state index in [0.717, 1.165) is 34.5 Å². The zero-order valence-corrected chi connectivity index (χ0v) is 15.6. The summed E-state index contributed by atoms with van der Waals surface area (Å²) in [4.78, 5) is 10.5. The Hall–Kier alpha value is -2.87. The first-order valence-corrected chi connectivity index (χ1v) is 10.0. The number of aromatic nitrogens is 2. The highest BCUT2D eigenvalue weighted by Gasteiger charge is 2.26. The lowest BCUT2D eigenvalue weighted by Crippen LogP contribution is -2.31. The maximum Gasteiger partial charge on any atom is 0.212 e. The van der Waals surface area contributed by atoms with E-state index in [9.17, 15) is 0 Å². The Balaban J connectivity index is 1.67. The number of hydrogen-bond acceptors (Lipinski definition) is 7. The number of nitrogens with two attached hydrogens (primary N) is 1. The van der Waals surface area contributed by atoms with Crippen molar-refractivity contribution in [3.8, 4) is 11.5 Å². The fourth-order valence-corrected chi connectivity index (χ4v) is 3.83. The number of imidazole rings is 1. The van der Waals surface area contributed by atoms with Gasteiger partial charge in [0.2, 0.25) is 5.95 Å². The fourth-order valence-electron chi connectivity index (χ4n) is 3.42. The smallest absolute Gasteiger partial charge is 0.212 e. The zero-order chi connectivity index (χ0) is 18.4. The SMILES string of the molecule is CSc1ccc(C2N=C(N)Nc3nc4cc5c(cc4n32)OCCCO5)cc1. The van der Waals surface area contributed by atoms with Crippen LogP contribution >= 0.6 is 11.8 Å². The van der Waals surface area contributed by atoms with Gasteiger partial charge in [-0.15, -0.1) is 11.8 Å². The summed E-state index contributed by atoms with van der Waals surface area (Å²) in [5.41, 5.74) is 8.82. The molecule has 3 heterocycles. The third kappa shape index (κ3) is 2.76. The lowest BCUT2D eigenvalue weighted by atomic mass is 10.1. The Morgan fingerprint density at radius 3 is 2.63 bits per heavy atom. The van der Waals surface area contributed by atoms with Crippen LogP contribution in [0.5, 0.6) is 11.5 Å². The van der Waals surface area contributed by atoms with E-state index in [4.69, 9.17) is 20.2 Å². The molecule has 7 nitrogen and oxygen atoms in total. The molecule has 0 saturated carbocycles. The van der Waals surface area contributed by atoms with Crippen LogP contribution in [0.4, 0.5) is 5.95 Å². The molecular formula is C19H19N5O2S. The number of hydrogen-bond donors (Lipinski definition) is 2. The van der Waals surface area contributed by atoms with Gasteiger partial charge in [0.1, 0.15) is 0 Å². The van der Waals surface area contributed by atoms with Gasteiger partial charge in [0.05, 0.1) is 24.2 Å². The van der Waals surface area contributed by atoms with Crippen molar-refractivity contribution in [3.05, 3.63) is 42.0 Å². The highest BCUT2D eigenvalue weighted by molar-refractivity contribution is 7.98. The van der Waals surface area contributed by atoms with Crippen LogP contribution in [-0.2, 0) is 0 Å². The predicted molar refractivity (Wildman–Crippen MR) is 107 cm³/mol. The molecular weight excluding hydrogens is 362 g/mol. The summed E-state index contributed by atoms with van der Waals surface area (Å²) in [6, 6.07) is 12.3. The number of ether oxygens (including phenoxy) is 2. The number of aliphatic imine (C=N–C) groups is 1. The van der Waals surface area contributed by atoms with Gasteiger partial charge in [-0.3, -0.25) is 9.88 Å². The molecule has 2 aliphatic heterocycles. The van der Waals surface area contributed by atoms with Crippen LogP contribution in [0.1, 0.15) is 18.2 Å². The van der Waals surface area contributed by atoms with Crippen LogP contribution in [0, 0.1) is 0 Å². The van der Waals surface area contributed by atoms with Gasteiger partial charge < -0.3 is 15.2 Å². The molecule has 2 aliphatic rings. The summed E-state index contributed by atoms with van der Waals surface area (Å²) in [5, 5.41) is 3.07. The summed E-state index contributed by atoms with van der Waals surface area (Å²) >= 11 is 1.71. The van der Waals surface area contributed by atoms with Crippen molar-refractivity contribution >= 4 is 34.7 Å². The van der Waals surface area contributed by atoms with E-state index in [-0.39, 0.29) is 6.17 Å². The highest BCUT2D eigenvalue weighted by Crippen LogP contribution is 2.39. The average molecular weight is 381 g/mol. The Labute approximate surface area is 160 Å². The number of benzene rings is 2. The molecule has 3 aromatic rings. The number of anilines is 1. The predicted octanol–water partition coefficient (Wildman–Crippen LogP) is 3.21. The second-order valence-electron chi connectivity index (χ2n) is 6.43. The molecule has 1 unspecified atom stereocenters. The molecule has 1 aromatic heterocycles. The van der Waals surface area contributed by atoms with Gasteiger partial charge in [0.15, 0.2) is 23.6 Å². The molecule has 0 aliphatic carbocycles. The molecule has 27 heavy (non-hydrogen) atoms. The molecule has 8 heteroatoms. The van der Waals surface area contributed by atoms with Crippen LogP contribution in [0.15, 0.2) is 46.3 Å². The summed E-state index contributed by atoms with van der Waals surface area (Å²) in [5.74, 6) is 2.48. The maximum absolute atomic E-state index is 6.03. The lowest BCUT2D eigenvalue weighted by molar-refractivity contribution is 0.297. The standard InChI is InChI=1S/C19H19N5O2S/c1-27-12-5-3-11(4-6-12)17-22-18(20)23-19-21-13-9-15-16(10-14(13)24(17)19)26-8-2-7-25-15/h3-6,9-10,17H,2,7-8H2,1H3,(H3,20,21,22,23). The second kappa shape index (κ2) is 6.38. The Bertz CT molecular complexity index is 1040. The van der Waals surface area contributed by atoms with Gasteiger partial charge >= 0.3 is 0 Å². The Morgan fingerprint density at radius 2 is 1.89 bits per heavy atom. The van der Waals surface area contributed by atoms with Crippen molar-refractivity contribution in [3.63, 3.8) is 0 Å². The third-order valence-electron chi connectivity index (χ3n) is 4.72. The molecule has 0 spiro atoms. The van der Waals surface area contributed by atoms with Crippen molar-refractivity contribution in [2.24, 2.45) is 10.7 Å². The first-order valence-electron chi connectivity index (χ1n) is 8.79. The third-order valence-corrected chi connectivity index (χ3v) is 5.46. The summed E-state index contributed by atoms with van der Waals surface area (Å²) in [7, 11) is 0. The average Bonchev–Trinajstić information content (AvgIpc) is 2.87. The molecule has 0 radical (unpaired) electrons. The lowest BCUT2D eigenvalue weighted by Gasteiger charge is -2.24. The van der Waals surface area contributed by atoms with Gasteiger partial charge in [-0.05, 0) is 24.0 Å². The minimum Gasteiger partial charge on any atom is -0.489 e. The van der Waals surface area contributed by atoms with E-state index in [0.29, 0.717) is 25.1 Å². The van der Waals surface area contributed by atoms with E-state index < -0.39 is 0 Å². The largest absolute Gasteiger partial charge is 0.489 e. The van der Waals surface area contributed by atoms with Crippen LogP contribution in [0.3, 0.4) is 0 Å². The molecule has 3 N–H and O–H groups in total. The van der Waals surface area contributed by atoms with Crippen LogP contribution in [-0.4, -0.2) is 35.0 Å². The molecule has 0 fully saturated rings. The molecule has 138 valence electrons. The summed E-state index contributed by atoms with van der Waals surface area (Å²) < 4.78 is 13.7. The van der Waals surface area contributed by atoms with Gasteiger partial charge in [-0.2, -0.15) is 0 Å². The molecule has 0 saturated heterocycles. The first-order chi connectivity index (χ1) is 13.2. The molecule has 1 atom stereocenters. The Morgan fingerprint density at radius 1 is 1.15 bits per heavy atom. The molecule has 0 bridgehead atoms. The fraction of sp³-hybridized carbons (Fsp3) is 0.263. The highest BCUT2D eigenvalue weighted by atomic mass is 32.2. The van der Waals surface area contributed by atoms with E-state index >= 15 is 0 Å². The molecule has 0 amide bonds. The monoisotopic (exact) mass is 381 g/mol. The summed E-state index contributed by atoms with van der Waals surface area (Å²) in [6.45, 7) is 1.28. The van der Waals surface area contributed by atoms with Crippen LogP contribution < -0.4 is 20.5 Å². The van der Waals surface area contributed by atoms with Crippen molar-refractivity contribution in [1.82, 2.24) is 9.55 Å². The van der Waals surface area contributed by atoms with Gasteiger partial charge in [0.25, 0.3) is 0 Å². The Kier molecular flexibility index (Phi) is 3.86. The maximum atomic E-state index is 6.03. The van der Waals surface area contributed by atoms with Gasteiger partial charge in [0, 0.05) is 23.4 Å². The normalized spacial score (nSPS) is 18.4. The number of nitrogens with one attached hydrogen (secondary N) is 1. The van der Waals surface area contributed by atoms with Crippen molar-refractivity contribution in [2.45, 2.75) is 17.5 Å². The van der Waals surface area contributed by atoms with E-state index in [2.05, 4.69) is 40.8 Å². The first kappa shape index (κ1) is 16.3.